The number of hydrogen-bond donors (Lipinski definition) is 1. The number of nitrogens with one attached hydrogen (secondary N) is 1. The Morgan fingerprint density at radius 3 is 2.69 bits per heavy atom. The summed E-state index contributed by atoms with van der Waals surface area (Å²) in [5.41, 5.74) is 1.85. The van der Waals surface area contributed by atoms with E-state index < -0.39 is 0 Å². The van der Waals surface area contributed by atoms with Gasteiger partial charge in [0.2, 0.25) is 5.91 Å². The van der Waals surface area contributed by atoms with E-state index in [2.05, 4.69) is 20.3 Å². The fourth-order valence-electron chi connectivity index (χ4n) is 3.67. The molecule has 1 saturated heterocycles. The minimum Gasteiger partial charge on any atom is -0.356 e. The first kappa shape index (κ1) is 19.7. The maximum atomic E-state index is 12.2. The molecule has 0 bridgehead atoms. The number of thioether (sulfide) groups is 1. The molecule has 152 valence electrons. The van der Waals surface area contributed by atoms with Crippen LogP contribution in [0.5, 0.6) is 0 Å². The maximum Gasteiger partial charge on any atom is 0.224 e. The molecular weight excluding hydrogens is 384 g/mol. The van der Waals surface area contributed by atoms with Crippen molar-refractivity contribution in [3.8, 4) is 0 Å². The quantitative estimate of drug-likeness (QED) is 0.477. The molecule has 0 radical (unpaired) electrons. The molecule has 1 aromatic carbocycles. The molecule has 0 unspecified atom stereocenters. The first-order valence-corrected chi connectivity index (χ1v) is 11.3. The van der Waals surface area contributed by atoms with Crippen LogP contribution in [0.3, 0.4) is 0 Å². The van der Waals surface area contributed by atoms with Crippen molar-refractivity contribution in [3.05, 3.63) is 42.1 Å². The smallest absolute Gasteiger partial charge is 0.224 e. The van der Waals surface area contributed by atoms with Gasteiger partial charge >= 0.3 is 0 Å². The summed E-state index contributed by atoms with van der Waals surface area (Å²) in [4.78, 5) is 24.0. The molecule has 1 N–H and O–H groups in total. The molecule has 29 heavy (non-hydrogen) atoms. The summed E-state index contributed by atoms with van der Waals surface area (Å²) in [5, 5.41) is 9.26. The van der Waals surface area contributed by atoms with Crippen LogP contribution in [-0.2, 0) is 17.8 Å². The van der Waals surface area contributed by atoms with E-state index in [4.69, 9.17) is 4.98 Å². The average molecular weight is 411 g/mol. The lowest BCUT2D eigenvalue weighted by molar-refractivity contribution is -0.120. The molecule has 1 aliphatic heterocycles. The van der Waals surface area contributed by atoms with Crippen LogP contribution in [0.4, 0.5) is 5.82 Å². The van der Waals surface area contributed by atoms with Crippen LogP contribution in [0.2, 0.25) is 0 Å². The predicted molar refractivity (Wildman–Crippen MR) is 116 cm³/mol. The maximum absolute atomic E-state index is 12.2. The van der Waals surface area contributed by atoms with Crippen LogP contribution in [0, 0.1) is 0 Å². The van der Waals surface area contributed by atoms with Gasteiger partial charge in [0.25, 0.3) is 0 Å². The Kier molecular flexibility index (Phi) is 6.29. The van der Waals surface area contributed by atoms with Crippen LogP contribution >= 0.6 is 11.8 Å². The second-order valence-electron chi connectivity index (χ2n) is 7.20. The van der Waals surface area contributed by atoms with Crippen molar-refractivity contribution >= 4 is 34.5 Å². The summed E-state index contributed by atoms with van der Waals surface area (Å²) in [6.07, 6.45) is 7.91. The second-order valence-corrected chi connectivity index (χ2v) is 7.97. The Bertz CT molecular complexity index is 968. The average Bonchev–Trinajstić information content (AvgIpc) is 3.17. The molecule has 0 spiro atoms. The summed E-state index contributed by atoms with van der Waals surface area (Å²) in [7, 11) is 0. The van der Waals surface area contributed by atoms with Gasteiger partial charge in [0, 0.05) is 19.6 Å². The lowest BCUT2D eigenvalue weighted by Crippen LogP contribution is -2.30. The topological polar surface area (TPSA) is 75.9 Å². The van der Waals surface area contributed by atoms with E-state index >= 15 is 0 Å². The number of benzene rings is 1. The number of anilines is 1. The lowest BCUT2D eigenvalue weighted by atomic mass is 10.1. The zero-order valence-electron chi connectivity index (χ0n) is 16.7. The number of nitrogens with zero attached hydrogens (tertiary/aromatic N) is 5. The summed E-state index contributed by atoms with van der Waals surface area (Å²) in [6.45, 7) is 3.15. The minimum atomic E-state index is 0.0149. The summed E-state index contributed by atoms with van der Waals surface area (Å²) in [5.74, 6) is 1.000. The van der Waals surface area contributed by atoms with E-state index in [1.165, 1.54) is 19.3 Å². The first-order chi connectivity index (χ1) is 14.2. The van der Waals surface area contributed by atoms with Crippen LogP contribution < -0.4 is 10.2 Å². The van der Waals surface area contributed by atoms with Crippen molar-refractivity contribution in [2.45, 2.75) is 37.4 Å². The molecule has 3 aromatic rings. The van der Waals surface area contributed by atoms with Crippen molar-refractivity contribution in [2.24, 2.45) is 0 Å². The molecule has 0 aliphatic carbocycles. The number of carbonyl (C=O) groups is 1. The van der Waals surface area contributed by atoms with E-state index in [1.54, 1.807) is 11.8 Å². The number of fused-ring (bicyclic) bond motifs is 1. The Balaban J connectivity index is 1.45. The SMILES string of the molecule is CSc1nc(N2CCCCC2)c2cnn(CCNC(=O)Cc3ccccc3)c2n1. The second kappa shape index (κ2) is 9.26. The molecule has 4 rings (SSSR count). The Morgan fingerprint density at radius 2 is 1.93 bits per heavy atom. The van der Waals surface area contributed by atoms with Gasteiger partial charge in [-0.2, -0.15) is 5.10 Å². The zero-order valence-corrected chi connectivity index (χ0v) is 17.5. The third-order valence-electron chi connectivity index (χ3n) is 5.15. The number of carbonyl (C=O) groups excluding carboxylic acids is 1. The van der Waals surface area contributed by atoms with Gasteiger partial charge in [0.15, 0.2) is 10.8 Å². The van der Waals surface area contributed by atoms with Crippen molar-refractivity contribution in [2.75, 3.05) is 30.8 Å². The number of hydrogen-bond acceptors (Lipinski definition) is 6. The van der Waals surface area contributed by atoms with Crippen molar-refractivity contribution < 1.29 is 4.79 Å². The van der Waals surface area contributed by atoms with Gasteiger partial charge in [-0.1, -0.05) is 42.1 Å². The number of aromatic nitrogens is 4. The van der Waals surface area contributed by atoms with Gasteiger partial charge in [-0.3, -0.25) is 4.79 Å². The molecule has 2 aromatic heterocycles. The molecule has 3 heterocycles. The highest BCUT2D eigenvalue weighted by Gasteiger charge is 2.19. The molecule has 0 atom stereocenters. The van der Waals surface area contributed by atoms with Crippen LogP contribution in [-0.4, -0.2) is 51.5 Å². The molecule has 7 nitrogen and oxygen atoms in total. The fourth-order valence-corrected chi connectivity index (χ4v) is 4.02. The Labute approximate surface area is 174 Å². The van der Waals surface area contributed by atoms with E-state index in [0.29, 0.717) is 19.5 Å². The highest BCUT2D eigenvalue weighted by molar-refractivity contribution is 7.98. The highest BCUT2D eigenvalue weighted by atomic mass is 32.2. The van der Waals surface area contributed by atoms with Gasteiger partial charge in [0.1, 0.15) is 5.82 Å². The van der Waals surface area contributed by atoms with Crippen molar-refractivity contribution in [3.63, 3.8) is 0 Å². The number of rotatable bonds is 7. The monoisotopic (exact) mass is 410 g/mol. The molecular formula is C21H26N6OS. The standard InChI is InChI=1S/C21H26N6OS/c1-29-21-24-19(26-11-6-3-7-12-26)17-15-23-27(20(17)25-21)13-10-22-18(28)14-16-8-4-2-5-9-16/h2,4-5,8-9,15H,3,6-7,10-14H2,1H3,(H,22,28). The summed E-state index contributed by atoms with van der Waals surface area (Å²) >= 11 is 1.54. The molecule has 0 saturated carbocycles. The molecule has 1 amide bonds. The van der Waals surface area contributed by atoms with E-state index in [9.17, 15) is 4.79 Å². The molecule has 8 heteroatoms. The lowest BCUT2D eigenvalue weighted by Gasteiger charge is -2.28. The third kappa shape index (κ3) is 4.70. The van der Waals surface area contributed by atoms with E-state index in [-0.39, 0.29) is 5.91 Å². The van der Waals surface area contributed by atoms with E-state index in [0.717, 1.165) is 40.7 Å². The highest BCUT2D eigenvalue weighted by Crippen LogP contribution is 2.28. The van der Waals surface area contributed by atoms with Gasteiger partial charge in [-0.15, -0.1) is 0 Å². The van der Waals surface area contributed by atoms with E-state index in [1.807, 2.05) is 47.5 Å². The van der Waals surface area contributed by atoms with Gasteiger partial charge in [-0.05, 0) is 31.1 Å². The molecule has 1 fully saturated rings. The fraction of sp³-hybridized carbons (Fsp3) is 0.429. The normalized spacial score (nSPS) is 14.3. The first-order valence-electron chi connectivity index (χ1n) is 10.1. The van der Waals surface area contributed by atoms with Crippen LogP contribution in [0.1, 0.15) is 24.8 Å². The summed E-state index contributed by atoms with van der Waals surface area (Å²) < 4.78 is 1.87. The number of piperidine rings is 1. The largest absolute Gasteiger partial charge is 0.356 e. The Morgan fingerprint density at radius 1 is 1.14 bits per heavy atom. The van der Waals surface area contributed by atoms with Crippen LogP contribution in [0.15, 0.2) is 41.7 Å². The molecule has 1 aliphatic rings. The van der Waals surface area contributed by atoms with Crippen molar-refractivity contribution in [1.82, 2.24) is 25.1 Å². The van der Waals surface area contributed by atoms with Gasteiger partial charge < -0.3 is 10.2 Å². The third-order valence-corrected chi connectivity index (χ3v) is 5.69. The minimum absolute atomic E-state index is 0.0149. The number of amides is 1. The zero-order chi connectivity index (χ0) is 20.1. The predicted octanol–water partition coefficient (Wildman–Crippen LogP) is 2.90. The van der Waals surface area contributed by atoms with Crippen molar-refractivity contribution in [1.29, 1.82) is 0 Å². The van der Waals surface area contributed by atoms with Crippen LogP contribution in [0.25, 0.3) is 11.0 Å². The Hall–Kier alpha value is -2.61. The summed E-state index contributed by atoms with van der Waals surface area (Å²) in [6, 6.07) is 9.77. The van der Waals surface area contributed by atoms with Gasteiger partial charge in [-0.25, -0.2) is 14.6 Å². The van der Waals surface area contributed by atoms with Gasteiger partial charge in [0.05, 0.1) is 24.5 Å².